The van der Waals surface area contributed by atoms with E-state index in [1.165, 1.54) is 11.3 Å². The Labute approximate surface area is 132 Å². The molecule has 1 N–H and O–H groups in total. The first-order valence-electron chi connectivity index (χ1n) is 7.06. The van der Waals surface area contributed by atoms with Crippen LogP contribution in [-0.4, -0.2) is 15.9 Å². The summed E-state index contributed by atoms with van der Waals surface area (Å²) >= 11 is 1.41. The molecule has 0 aliphatic rings. The van der Waals surface area contributed by atoms with Gasteiger partial charge in [0.1, 0.15) is 16.4 Å². The lowest BCUT2D eigenvalue weighted by molar-refractivity contribution is 0.0939. The van der Waals surface area contributed by atoms with Gasteiger partial charge in [-0.15, -0.1) is 11.3 Å². The molecule has 0 saturated heterocycles. The van der Waals surface area contributed by atoms with Gasteiger partial charge in [-0.2, -0.15) is 0 Å². The van der Waals surface area contributed by atoms with Crippen molar-refractivity contribution in [3.63, 3.8) is 0 Å². The first-order valence-corrected chi connectivity index (χ1v) is 7.87. The van der Waals surface area contributed by atoms with Gasteiger partial charge in [-0.05, 0) is 45.4 Å². The van der Waals surface area contributed by atoms with Crippen molar-refractivity contribution in [3.8, 4) is 0 Å². The number of nitrogens with one attached hydrogen (secondary N) is 1. The molecule has 3 heterocycles. The summed E-state index contributed by atoms with van der Waals surface area (Å²) in [4.78, 5) is 22.9. The zero-order valence-electron chi connectivity index (χ0n) is 12.9. The summed E-state index contributed by atoms with van der Waals surface area (Å²) in [6.45, 7) is 7.65. The summed E-state index contributed by atoms with van der Waals surface area (Å²) < 4.78 is 5.32. The van der Waals surface area contributed by atoms with Gasteiger partial charge in [-0.25, -0.2) is 9.97 Å². The van der Waals surface area contributed by atoms with Crippen LogP contribution in [0.3, 0.4) is 0 Å². The number of furan rings is 1. The third kappa shape index (κ3) is 2.50. The molecular weight excluding hydrogens is 298 g/mol. The number of aromatic nitrogens is 2. The summed E-state index contributed by atoms with van der Waals surface area (Å²) in [7, 11) is 0. The molecule has 1 atom stereocenters. The Morgan fingerprint density at radius 2 is 2.09 bits per heavy atom. The maximum absolute atomic E-state index is 12.5. The molecule has 0 aliphatic heterocycles. The fourth-order valence-corrected chi connectivity index (χ4v) is 3.74. The minimum Gasteiger partial charge on any atom is -0.467 e. The number of hydrogen-bond acceptors (Lipinski definition) is 5. The lowest BCUT2D eigenvalue weighted by Gasteiger charge is -2.10. The highest BCUT2D eigenvalue weighted by molar-refractivity contribution is 7.20. The SMILES string of the molecule is Cc1nc(C)c2c(C)c(C(=O)NC(C)c3ccco3)sc2n1. The van der Waals surface area contributed by atoms with Crippen molar-refractivity contribution >= 4 is 27.5 Å². The second-order valence-corrected chi connectivity index (χ2v) is 6.30. The van der Waals surface area contributed by atoms with Crippen LogP contribution in [0.2, 0.25) is 0 Å². The molecule has 0 aromatic carbocycles. The number of carbonyl (C=O) groups is 1. The van der Waals surface area contributed by atoms with Gasteiger partial charge < -0.3 is 9.73 Å². The molecule has 3 aromatic rings. The Balaban J connectivity index is 1.94. The molecular formula is C16H17N3O2S. The number of carbonyl (C=O) groups excluding carboxylic acids is 1. The van der Waals surface area contributed by atoms with Gasteiger partial charge in [-0.3, -0.25) is 4.79 Å². The van der Waals surface area contributed by atoms with Crippen LogP contribution < -0.4 is 5.32 Å². The van der Waals surface area contributed by atoms with Gasteiger partial charge in [0.15, 0.2) is 0 Å². The highest BCUT2D eigenvalue weighted by Gasteiger charge is 2.20. The molecule has 0 aliphatic carbocycles. The molecule has 5 nitrogen and oxygen atoms in total. The maximum Gasteiger partial charge on any atom is 0.262 e. The summed E-state index contributed by atoms with van der Waals surface area (Å²) in [6, 6.07) is 3.48. The lowest BCUT2D eigenvalue weighted by atomic mass is 10.1. The molecule has 114 valence electrons. The Hall–Kier alpha value is -2.21. The Morgan fingerprint density at radius 1 is 1.32 bits per heavy atom. The van der Waals surface area contributed by atoms with E-state index in [1.807, 2.05) is 39.8 Å². The van der Waals surface area contributed by atoms with Crippen LogP contribution in [0.5, 0.6) is 0 Å². The minimum absolute atomic E-state index is 0.110. The molecule has 0 spiro atoms. The van der Waals surface area contributed by atoms with E-state index in [-0.39, 0.29) is 11.9 Å². The number of rotatable bonds is 3. The molecule has 0 saturated carbocycles. The van der Waals surface area contributed by atoms with Crippen LogP contribution in [0.25, 0.3) is 10.2 Å². The van der Waals surface area contributed by atoms with Crippen LogP contribution in [0.4, 0.5) is 0 Å². The van der Waals surface area contributed by atoms with Crippen LogP contribution in [0.15, 0.2) is 22.8 Å². The predicted octanol–water partition coefficient (Wildman–Crippen LogP) is 3.70. The zero-order valence-corrected chi connectivity index (χ0v) is 13.7. The van der Waals surface area contributed by atoms with Gasteiger partial charge in [0.05, 0.1) is 17.2 Å². The molecule has 6 heteroatoms. The van der Waals surface area contributed by atoms with E-state index in [4.69, 9.17) is 4.42 Å². The van der Waals surface area contributed by atoms with Crippen molar-refractivity contribution in [3.05, 3.63) is 46.1 Å². The van der Waals surface area contributed by atoms with E-state index in [0.717, 1.165) is 33.1 Å². The summed E-state index contributed by atoms with van der Waals surface area (Å²) in [5, 5.41) is 3.94. The Kier molecular flexibility index (Phi) is 3.70. The van der Waals surface area contributed by atoms with E-state index in [2.05, 4.69) is 15.3 Å². The largest absolute Gasteiger partial charge is 0.467 e. The third-order valence-electron chi connectivity index (χ3n) is 3.61. The van der Waals surface area contributed by atoms with E-state index >= 15 is 0 Å². The number of thiophene rings is 1. The molecule has 1 unspecified atom stereocenters. The quantitative estimate of drug-likeness (QED) is 0.800. The van der Waals surface area contributed by atoms with Crippen LogP contribution in [0, 0.1) is 20.8 Å². The van der Waals surface area contributed by atoms with E-state index < -0.39 is 0 Å². The molecule has 0 radical (unpaired) electrons. The first kappa shape index (κ1) is 14.7. The first-order chi connectivity index (χ1) is 10.5. The number of hydrogen-bond donors (Lipinski definition) is 1. The van der Waals surface area contributed by atoms with Crippen molar-refractivity contribution in [2.75, 3.05) is 0 Å². The lowest BCUT2D eigenvalue weighted by Crippen LogP contribution is -2.26. The number of aryl methyl sites for hydroxylation is 3. The molecule has 3 aromatic heterocycles. The van der Waals surface area contributed by atoms with Gasteiger partial charge in [0, 0.05) is 11.1 Å². The Bertz CT molecular complexity index is 837. The standard InChI is InChI=1S/C16H17N3O2S/c1-8-13-10(3)17-11(4)19-16(13)22-14(8)15(20)18-9(2)12-6-5-7-21-12/h5-7,9H,1-4H3,(H,18,20). The Morgan fingerprint density at radius 3 is 2.77 bits per heavy atom. The third-order valence-corrected chi connectivity index (χ3v) is 4.79. The topological polar surface area (TPSA) is 68.0 Å². The van der Waals surface area contributed by atoms with Crippen molar-refractivity contribution in [1.82, 2.24) is 15.3 Å². The van der Waals surface area contributed by atoms with E-state index in [0.29, 0.717) is 4.88 Å². The van der Waals surface area contributed by atoms with Crippen molar-refractivity contribution in [2.45, 2.75) is 33.7 Å². The van der Waals surface area contributed by atoms with Gasteiger partial charge >= 0.3 is 0 Å². The molecule has 0 bridgehead atoms. The minimum atomic E-state index is -0.180. The zero-order chi connectivity index (χ0) is 15.9. The van der Waals surface area contributed by atoms with Gasteiger partial charge in [-0.1, -0.05) is 0 Å². The van der Waals surface area contributed by atoms with E-state index in [9.17, 15) is 4.79 Å². The summed E-state index contributed by atoms with van der Waals surface area (Å²) in [6.07, 6.45) is 1.60. The predicted molar refractivity (Wildman–Crippen MR) is 86.2 cm³/mol. The van der Waals surface area contributed by atoms with E-state index in [1.54, 1.807) is 6.26 Å². The van der Waals surface area contributed by atoms with Crippen molar-refractivity contribution in [1.29, 1.82) is 0 Å². The number of amides is 1. The number of fused-ring (bicyclic) bond motifs is 1. The second-order valence-electron chi connectivity index (χ2n) is 5.30. The molecule has 1 amide bonds. The molecule has 3 rings (SSSR count). The smallest absolute Gasteiger partial charge is 0.262 e. The van der Waals surface area contributed by atoms with Crippen LogP contribution in [0.1, 0.15) is 45.5 Å². The fourth-order valence-electron chi connectivity index (χ4n) is 2.56. The summed E-state index contributed by atoms with van der Waals surface area (Å²) in [5.41, 5.74) is 1.84. The highest BCUT2D eigenvalue weighted by atomic mass is 32.1. The normalized spacial score (nSPS) is 12.5. The van der Waals surface area contributed by atoms with Crippen molar-refractivity contribution < 1.29 is 9.21 Å². The van der Waals surface area contributed by atoms with Gasteiger partial charge in [0.2, 0.25) is 0 Å². The average molecular weight is 315 g/mol. The maximum atomic E-state index is 12.5. The molecule has 0 fully saturated rings. The second kappa shape index (κ2) is 5.53. The fraction of sp³-hybridized carbons (Fsp3) is 0.312. The average Bonchev–Trinajstić information content (AvgIpc) is 3.06. The highest BCUT2D eigenvalue weighted by Crippen LogP contribution is 2.31. The number of nitrogens with zero attached hydrogens (tertiary/aromatic N) is 2. The monoisotopic (exact) mass is 315 g/mol. The van der Waals surface area contributed by atoms with Crippen molar-refractivity contribution in [2.24, 2.45) is 0 Å². The summed E-state index contributed by atoms with van der Waals surface area (Å²) in [5.74, 6) is 1.35. The van der Waals surface area contributed by atoms with Gasteiger partial charge in [0.25, 0.3) is 5.91 Å². The molecule has 22 heavy (non-hydrogen) atoms. The van der Waals surface area contributed by atoms with Crippen LogP contribution in [-0.2, 0) is 0 Å². The van der Waals surface area contributed by atoms with Crippen LogP contribution >= 0.6 is 11.3 Å².